The standard InChI is InChI=1S/C16H23NO4/c1-9(17)7-8-16(3,4)11-10(2)12(18)14(20-5)15(21-6)13(11)19/h7H,8,17H2,1-6H3/b9-7+. The highest BCUT2D eigenvalue weighted by molar-refractivity contribution is 6.23. The van der Waals surface area contributed by atoms with E-state index in [9.17, 15) is 9.59 Å². The van der Waals surface area contributed by atoms with Crippen LogP contribution >= 0.6 is 0 Å². The molecule has 0 bridgehead atoms. The first kappa shape index (κ1) is 17.0. The molecule has 0 unspecified atom stereocenters. The highest BCUT2D eigenvalue weighted by Crippen LogP contribution is 2.39. The van der Waals surface area contributed by atoms with Crippen LogP contribution in [-0.2, 0) is 19.1 Å². The predicted molar refractivity (Wildman–Crippen MR) is 80.1 cm³/mol. The molecule has 5 nitrogen and oxygen atoms in total. The Labute approximate surface area is 125 Å². The molecule has 0 fully saturated rings. The van der Waals surface area contributed by atoms with Crippen molar-refractivity contribution in [1.29, 1.82) is 0 Å². The number of carbonyl (C=O) groups is 2. The number of carbonyl (C=O) groups excluding carboxylic acids is 2. The number of methoxy groups -OCH3 is 2. The molecule has 0 saturated heterocycles. The van der Waals surface area contributed by atoms with Gasteiger partial charge >= 0.3 is 0 Å². The predicted octanol–water partition coefficient (Wildman–Crippen LogP) is 2.24. The highest BCUT2D eigenvalue weighted by atomic mass is 16.5. The molecule has 21 heavy (non-hydrogen) atoms. The molecule has 1 rings (SSSR count). The average molecular weight is 293 g/mol. The van der Waals surface area contributed by atoms with E-state index in [4.69, 9.17) is 15.2 Å². The van der Waals surface area contributed by atoms with Gasteiger partial charge in [0.15, 0.2) is 0 Å². The lowest BCUT2D eigenvalue weighted by molar-refractivity contribution is -0.121. The number of ether oxygens (including phenoxy) is 2. The maximum absolute atomic E-state index is 12.6. The Bertz CT molecular complexity index is 561. The van der Waals surface area contributed by atoms with E-state index < -0.39 is 5.41 Å². The molecule has 0 saturated carbocycles. The topological polar surface area (TPSA) is 78.6 Å². The van der Waals surface area contributed by atoms with Gasteiger partial charge in [0.05, 0.1) is 14.2 Å². The molecule has 0 aliphatic heterocycles. The van der Waals surface area contributed by atoms with Gasteiger partial charge in [-0.1, -0.05) is 19.9 Å². The van der Waals surface area contributed by atoms with Crippen LogP contribution in [0.1, 0.15) is 34.1 Å². The lowest BCUT2D eigenvalue weighted by atomic mass is 9.73. The molecule has 0 aromatic heterocycles. The lowest BCUT2D eigenvalue weighted by Crippen LogP contribution is -2.32. The summed E-state index contributed by atoms with van der Waals surface area (Å²) in [7, 11) is 2.71. The summed E-state index contributed by atoms with van der Waals surface area (Å²) in [6, 6.07) is 0. The smallest absolute Gasteiger partial charge is 0.228 e. The summed E-state index contributed by atoms with van der Waals surface area (Å²) in [5.41, 5.74) is 6.65. The number of rotatable bonds is 5. The first-order valence-electron chi connectivity index (χ1n) is 6.72. The Morgan fingerprint density at radius 3 is 2.05 bits per heavy atom. The van der Waals surface area contributed by atoms with Crippen molar-refractivity contribution in [1.82, 2.24) is 0 Å². The summed E-state index contributed by atoms with van der Waals surface area (Å²) in [5.74, 6) is -0.695. The third-order valence-electron chi connectivity index (χ3n) is 3.58. The van der Waals surface area contributed by atoms with Crippen molar-refractivity contribution in [3.8, 4) is 0 Å². The summed E-state index contributed by atoms with van der Waals surface area (Å²) in [5, 5.41) is 0. The van der Waals surface area contributed by atoms with E-state index in [1.54, 1.807) is 13.8 Å². The minimum atomic E-state index is -0.527. The van der Waals surface area contributed by atoms with Gasteiger partial charge in [-0.3, -0.25) is 9.59 Å². The number of nitrogens with two attached hydrogens (primary N) is 1. The number of hydrogen-bond acceptors (Lipinski definition) is 5. The van der Waals surface area contributed by atoms with Crippen molar-refractivity contribution in [2.24, 2.45) is 11.1 Å². The molecule has 1 aliphatic rings. The molecule has 0 heterocycles. The largest absolute Gasteiger partial charge is 0.489 e. The second kappa shape index (κ2) is 6.16. The summed E-state index contributed by atoms with van der Waals surface area (Å²) < 4.78 is 10.1. The Kier molecular flexibility index (Phi) is 4.99. The van der Waals surface area contributed by atoms with Gasteiger partial charge in [0.25, 0.3) is 0 Å². The fourth-order valence-electron chi connectivity index (χ4n) is 2.48. The van der Waals surface area contributed by atoms with Crippen LogP contribution in [0, 0.1) is 5.41 Å². The highest BCUT2D eigenvalue weighted by Gasteiger charge is 2.40. The molecule has 0 atom stereocenters. The minimum Gasteiger partial charge on any atom is -0.489 e. The minimum absolute atomic E-state index is 0.0369. The zero-order chi connectivity index (χ0) is 16.4. The Morgan fingerprint density at radius 1 is 1.14 bits per heavy atom. The summed E-state index contributed by atoms with van der Waals surface area (Å²) >= 11 is 0. The molecule has 1 aliphatic carbocycles. The van der Waals surface area contributed by atoms with Crippen LogP contribution in [0.5, 0.6) is 0 Å². The zero-order valence-electron chi connectivity index (χ0n) is 13.5. The van der Waals surface area contributed by atoms with E-state index in [0.717, 1.165) is 0 Å². The fourth-order valence-corrected chi connectivity index (χ4v) is 2.48. The van der Waals surface area contributed by atoms with Crippen LogP contribution in [-0.4, -0.2) is 25.8 Å². The van der Waals surface area contributed by atoms with Crippen LogP contribution in [0.15, 0.2) is 34.4 Å². The molecule has 0 aromatic rings. The Morgan fingerprint density at radius 2 is 1.62 bits per heavy atom. The van der Waals surface area contributed by atoms with Crippen LogP contribution in [0.4, 0.5) is 0 Å². The van der Waals surface area contributed by atoms with Crippen molar-refractivity contribution in [2.45, 2.75) is 34.1 Å². The Hall–Kier alpha value is -2.04. The van der Waals surface area contributed by atoms with Gasteiger partial charge in [-0.25, -0.2) is 0 Å². The van der Waals surface area contributed by atoms with Gasteiger partial charge in [-0.15, -0.1) is 0 Å². The second-order valence-corrected chi connectivity index (χ2v) is 5.76. The SMILES string of the molecule is COC1=C(OC)C(=O)C(C(C)(C)C/C=C(\C)N)=C(C)C1=O. The van der Waals surface area contributed by atoms with Crippen LogP contribution in [0.25, 0.3) is 0 Å². The molecule has 2 N–H and O–H groups in total. The van der Waals surface area contributed by atoms with Gasteiger partial charge in [-0.2, -0.15) is 0 Å². The van der Waals surface area contributed by atoms with Crippen molar-refractivity contribution in [2.75, 3.05) is 14.2 Å². The maximum atomic E-state index is 12.6. The molecular weight excluding hydrogens is 270 g/mol. The average Bonchev–Trinajstić information content (AvgIpc) is 2.40. The van der Waals surface area contributed by atoms with Gasteiger partial charge in [0.1, 0.15) is 0 Å². The summed E-state index contributed by atoms with van der Waals surface area (Å²) in [4.78, 5) is 25.0. The van der Waals surface area contributed by atoms with E-state index in [1.807, 2.05) is 19.9 Å². The van der Waals surface area contributed by atoms with Crippen LogP contribution in [0.3, 0.4) is 0 Å². The van der Waals surface area contributed by atoms with Crippen molar-refractivity contribution in [3.63, 3.8) is 0 Å². The third-order valence-corrected chi connectivity index (χ3v) is 3.58. The van der Waals surface area contributed by atoms with E-state index in [2.05, 4.69) is 0 Å². The summed E-state index contributed by atoms with van der Waals surface area (Å²) in [6.07, 6.45) is 2.40. The monoisotopic (exact) mass is 293 g/mol. The zero-order valence-corrected chi connectivity index (χ0v) is 13.5. The van der Waals surface area contributed by atoms with Crippen molar-refractivity contribution >= 4 is 11.6 Å². The first-order chi connectivity index (χ1) is 9.67. The van der Waals surface area contributed by atoms with E-state index >= 15 is 0 Å². The molecule has 5 heteroatoms. The van der Waals surface area contributed by atoms with Crippen molar-refractivity contribution in [3.05, 3.63) is 34.4 Å². The Balaban J connectivity index is 3.36. The van der Waals surface area contributed by atoms with Crippen LogP contribution in [0.2, 0.25) is 0 Å². The lowest BCUT2D eigenvalue weighted by Gasteiger charge is -2.31. The van der Waals surface area contributed by atoms with Crippen LogP contribution < -0.4 is 5.73 Å². The molecule has 0 aromatic carbocycles. The third kappa shape index (κ3) is 3.17. The van der Waals surface area contributed by atoms with Gasteiger partial charge in [0.2, 0.25) is 23.1 Å². The second-order valence-electron chi connectivity index (χ2n) is 5.76. The maximum Gasteiger partial charge on any atom is 0.228 e. The summed E-state index contributed by atoms with van der Waals surface area (Å²) in [6.45, 7) is 7.24. The molecule has 0 spiro atoms. The molecule has 0 amide bonds. The van der Waals surface area contributed by atoms with Gasteiger partial charge < -0.3 is 15.2 Å². The van der Waals surface area contributed by atoms with E-state index in [1.165, 1.54) is 14.2 Å². The quantitative estimate of drug-likeness (QED) is 0.786. The van der Waals surface area contributed by atoms with Gasteiger partial charge in [0, 0.05) is 16.8 Å². The number of hydrogen-bond donors (Lipinski definition) is 1. The van der Waals surface area contributed by atoms with E-state index in [-0.39, 0.29) is 23.1 Å². The van der Waals surface area contributed by atoms with Crippen molar-refractivity contribution < 1.29 is 19.1 Å². The molecule has 116 valence electrons. The van der Waals surface area contributed by atoms with E-state index in [0.29, 0.717) is 23.3 Å². The molecule has 0 radical (unpaired) electrons. The normalized spacial score (nSPS) is 17.5. The number of allylic oxidation sites excluding steroid dienone is 4. The first-order valence-corrected chi connectivity index (χ1v) is 6.72. The number of ketones is 2. The fraction of sp³-hybridized carbons (Fsp3) is 0.500. The molecular formula is C16H23NO4. The number of Topliss-reactive ketones (excluding diaryl/α,β-unsaturated/α-hetero) is 2. The van der Waals surface area contributed by atoms with Gasteiger partial charge in [-0.05, 0) is 25.7 Å².